The second-order valence-corrected chi connectivity index (χ2v) is 7.77. The number of carbonyl (C=O) groups is 3. The molecule has 32 heavy (non-hydrogen) atoms. The highest BCUT2D eigenvalue weighted by molar-refractivity contribution is 6.14. The molecule has 0 fully saturated rings. The third kappa shape index (κ3) is 5.14. The van der Waals surface area contributed by atoms with E-state index < -0.39 is 46.9 Å². The molecule has 2 unspecified atom stereocenters. The van der Waals surface area contributed by atoms with Crippen LogP contribution in [0.4, 0.5) is 14.5 Å². The zero-order chi connectivity index (χ0) is 23.3. The fourth-order valence-electron chi connectivity index (χ4n) is 3.53. The summed E-state index contributed by atoms with van der Waals surface area (Å²) in [4.78, 5) is 40.0. The van der Waals surface area contributed by atoms with Gasteiger partial charge in [-0.05, 0) is 35.9 Å². The van der Waals surface area contributed by atoms with Gasteiger partial charge in [0.05, 0.1) is 5.92 Å². The Bertz CT molecular complexity index is 1110. The van der Waals surface area contributed by atoms with Gasteiger partial charge in [0.25, 0.3) is 0 Å². The number of hydrogen-bond donors (Lipinski definition) is 1. The molecule has 0 saturated heterocycles. The zero-order valence-electron chi connectivity index (χ0n) is 17.7. The minimum absolute atomic E-state index is 0.119. The number of para-hydroxylation sites is 1. The summed E-state index contributed by atoms with van der Waals surface area (Å²) < 4.78 is 27.3. The van der Waals surface area contributed by atoms with Crippen molar-refractivity contribution in [3.05, 3.63) is 102 Å². The molecule has 4 nitrogen and oxygen atoms in total. The quantitative estimate of drug-likeness (QED) is 0.380. The number of rotatable bonds is 8. The van der Waals surface area contributed by atoms with Gasteiger partial charge >= 0.3 is 0 Å². The maximum Gasteiger partial charge on any atom is 0.236 e. The molecule has 0 aromatic heterocycles. The Morgan fingerprint density at radius 3 is 1.94 bits per heavy atom. The summed E-state index contributed by atoms with van der Waals surface area (Å²) in [7, 11) is 0. The van der Waals surface area contributed by atoms with Gasteiger partial charge in [-0.15, -0.1) is 0 Å². The number of Topliss-reactive ketones (excluding diaryl/α,β-unsaturated/α-hetero) is 2. The van der Waals surface area contributed by atoms with Crippen LogP contribution in [-0.2, 0) is 9.59 Å². The highest BCUT2D eigenvalue weighted by atomic mass is 19.2. The van der Waals surface area contributed by atoms with Crippen LogP contribution in [0.3, 0.4) is 0 Å². The van der Waals surface area contributed by atoms with E-state index in [1.54, 1.807) is 74.5 Å². The van der Waals surface area contributed by atoms with E-state index in [9.17, 15) is 23.2 Å². The molecular formula is C26H23F2NO3. The molecular weight excluding hydrogens is 412 g/mol. The molecule has 3 aromatic carbocycles. The van der Waals surface area contributed by atoms with Crippen LogP contribution >= 0.6 is 0 Å². The smallest absolute Gasteiger partial charge is 0.236 e. The van der Waals surface area contributed by atoms with Crippen LogP contribution in [0.2, 0.25) is 0 Å². The number of amides is 1. The van der Waals surface area contributed by atoms with Crippen molar-refractivity contribution in [3.63, 3.8) is 0 Å². The maximum absolute atomic E-state index is 13.9. The zero-order valence-corrected chi connectivity index (χ0v) is 17.7. The first-order valence-electron chi connectivity index (χ1n) is 10.2. The predicted octanol–water partition coefficient (Wildman–Crippen LogP) is 5.41. The second kappa shape index (κ2) is 10.1. The van der Waals surface area contributed by atoms with Crippen molar-refractivity contribution in [2.45, 2.75) is 19.8 Å². The van der Waals surface area contributed by atoms with Gasteiger partial charge in [0.2, 0.25) is 5.91 Å². The average molecular weight is 435 g/mol. The highest BCUT2D eigenvalue weighted by Gasteiger charge is 2.41. The van der Waals surface area contributed by atoms with Gasteiger partial charge < -0.3 is 5.32 Å². The number of benzene rings is 3. The molecule has 0 heterocycles. The Kier molecular flexibility index (Phi) is 7.25. The van der Waals surface area contributed by atoms with E-state index in [0.717, 1.165) is 18.2 Å². The fraction of sp³-hybridized carbons (Fsp3) is 0.192. The Balaban J connectivity index is 2.10. The van der Waals surface area contributed by atoms with Crippen LogP contribution < -0.4 is 5.32 Å². The van der Waals surface area contributed by atoms with E-state index in [2.05, 4.69) is 5.32 Å². The Morgan fingerprint density at radius 2 is 1.38 bits per heavy atom. The Morgan fingerprint density at radius 1 is 0.781 bits per heavy atom. The summed E-state index contributed by atoms with van der Waals surface area (Å²) in [6.07, 6.45) is 0. The molecule has 3 aromatic rings. The number of ketones is 2. The predicted molar refractivity (Wildman–Crippen MR) is 118 cm³/mol. The molecule has 0 aliphatic carbocycles. The molecule has 3 rings (SSSR count). The molecule has 1 amide bonds. The Labute approximate surface area is 185 Å². The van der Waals surface area contributed by atoms with Crippen molar-refractivity contribution < 1.29 is 23.2 Å². The van der Waals surface area contributed by atoms with Crippen molar-refractivity contribution in [1.82, 2.24) is 0 Å². The van der Waals surface area contributed by atoms with Gasteiger partial charge in [-0.3, -0.25) is 14.4 Å². The van der Waals surface area contributed by atoms with Crippen LogP contribution in [0.1, 0.15) is 35.7 Å². The molecule has 6 heteroatoms. The number of nitrogens with one attached hydrogen (secondary N) is 1. The van der Waals surface area contributed by atoms with Gasteiger partial charge in [-0.25, -0.2) is 8.78 Å². The molecule has 0 radical (unpaired) electrons. The number of carbonyl (C=O) groups excluding carboxylic acids is 3. The third-order valence-electron chi connectivity index (χ3n) is 5.18. The normalized spacial score (nSPS) is 12.8. The first-order chi connectivity index (χ1) is 15.3. The summed E-state index contributed by atoms with van der Waals surface area (Å²) in [5.74, 6) is -7.08. The van der Waals surface area contributed by atoms with E-state index in [0.29, 0.717) is 11.3 Å². The van der Waals surface area contributed by atoms with Gasteiger partial charge in [-0.1, -0.05) is 62.4 Å². The lowest BCUT2D eigenvalue weighted by atomic mass is 9.75. The second-order valence-electron chi connectivity index (χ2n) is 7.77. The summed E-state index contributed by atoms with van der Waals surface area (Å²) in [6.45, 7) is 3.30. The van der Waals surface area contributed by atoms with E-state index in [4.69, 9.17) is 0 Å². The van der Waals surface area contributed by atoms with Crippen molar-refractivity contribution in [2.75, 3.05) is 5.32 Å². The molecule has 164 valence electrons. The Hall–Kier alpha value is -3.67. The van der Waals surface area contributed by atoms with Crippen LogP contribution in [0.5, 0.6) is 0 Å². The lowest BCUT2D eigenvalue weighted by Gasteiger charge is -2.26. The van der Waals surface area contributed by atoms with Gasteiger partial charge in [0.15, 0.2) is 17.4 Å². The van der Waals surface area contributed by atoms with E-state index in [-0.39, 0.29) is 5.56 Å². The highest BCUT2D eigenvalue weighted by Crippen LogP contribution is 2.33. The summed E-state index contributed by atoms with van der Waals surface area (Å²) in [5.41, 5.74) is 0.794. The van der Waals surface area contributed by atoms with Crippen LogP contribution in [0.15, 0.2) is 78.9 Å². The molecule has 0 aliphatic heterocycles. The largest absolute Gasteiger partial charge is 0.325 e. The average Bonchev–Trinajstić information content (AvgIpc) is 2.79. The summed E-state index contributed by atoms with van der Waals surface area (Å²) >= 11 is 0. The van der Waals surface area contributed by atoms with Crippen molar-refractivity contribution in [1.29, 1.82) is 0 Å². The van der Waals surface area contributed by atoms with E-state index in [1.165, 1.54) is 0 Å². The van der Waals surface area contributed by atoms with Crippen LogP contribution in [0.25, 0.3) is 0 Å². The topological polar surface area (TPSA) is 63.2 Å². The number of hydrogen-bond acceptors (Lipinski definition) is 3. The van der Waals surface area contributed by atoms with Gasteiger partial charge in [0, 0.05) is 17.2 Å². The summed E-state index contributed by atoms with van der Waals surface area (Å²) in [6, 6.07) is 19.8. The summed E-state index contributed by atoms with van der Waals surface area (Å²) in [5, 5.41) is 2.71. The lowest BCUT2D eigenvalue weighted by molar-refractivity contribution is -0.133. The standard InChI is InChI=1S/C26H23F2NO3/c1-16(2)24(30)23(26(32)29-19-11-7-4-8-12-19)22(17-9-5-3-6-10-17)25(31)18-13-14-20(27)21(28)15-18/h3-16,22-23H,1-2H3,(H,29,32). The van der Waals surface area contributed by atoms with Gasteiger partial charge in [-0.2, -0.15) is 0 Å². The minimum Gasteiger partial charge on any atom is -0.325 e. The molecule has 0 aliphatic rings. The number of halogens is 2. The SMILES string of the molecule is CC(C)C(=O)C(C(=O)Nc1ccccc1)C(C(=O)c1ccc(F)c(F)c1)c1ccccc1. The molecule has 0 bridgehead atoms. The maximum atomic E-state index is 13.9. The van der Waals surface area contributed by atoms with E-state index in [1.807, 2.05) is 0 Å². The van der Waals surface area contributed by atoms with E-state index >= 15 is 0 Å². The first-order valence-corrected chi connectivity index (χ1v) is 10.2. The minimum atomic E-state index is -1.36. The lowest BCUT2D eigenvalue weighted by Crippen LogP contribution is -2.40. The van der Waals surface area contributed by atoms with Crippen molar-refractivity contribution >= 4 is 23.2 Å². The van der Waals surface area contributed by atoms with Crippen molar-refractivity contribution in [2.24, 2.45) is 11.8 Å². The van der Waals surface area contributed by atoms with Crippen LogP contribution in [-0.4, -0.2) is 17.5 Å². The first kappa shape index (κ1) is 23.0. The molecule has 0 saturated carbocycles. The molecule has 0 spiro atoms. The molecule has 1 N–H and O–H groups in total. The van der Waals surface area contributed by atoms with Crippen LogP contribution in [0, 0.1) is 23.5 Å². The third-order valence-corrected chi connectivity index (χ3v) is 5.18. The molecule has 2 atom stereocenters. The monoisotopic (exact) mass is 435 g/mol. The van der Waals surface area contributed by atoms with Crippen molar-refractivity contribution in [3.8, 4) is 0 Å². The van der Waals surface area contributed by atoms with Gasteiger partial charge in [0.1, 0.15) is 11.7 Å². The fourth-order valence-corrected chi connectivity index (χ4v) is 3.53. The number of anilines is 1.